The molecule has 0 aromatic rings. The highest BCUT2D eigenvalue weighted by Crippen LogP contribution is 2.42. The second-order valence-corrected chi connectivity index (χ2v) is 10.2. The van der Waals surface area contributed by atoms with Crippen molar-refractivity contribution in [2.45, 2.75) is 129 Å². The molecule has 2 atom stereocenters. The maximum absolute atomic E-state index is 2.61. The Balaban J connectivity index is 1.51. The van der Waals surface area contributed by atoms with Gasteiger partial charge in [-0.3, -0.25) is 0 Å². The molecule has 0 aromatic carbocycles. The first-order valence-corrected chi connectivity index (χ1v) is 12.3. The molecule has 3 rings (SSSR count). The van der Waals surface area contributed by atoms with Gasteiger partial charge in [-0.05, 0) is 42.4 Å². The Morgan fingerprint density at radius 2 is 0.680 bits per heavy atom. The molecule has 146 valence electrons. The molecule has 2 unspecified atom stereocenters. The Bertz CT molecular complexity index is 298. The van der Waals surface area contributed by atoms with Crippen molar-refractivity contribution in [3.05, 3.63) is 0 Å². The van der Waals surface area contributed by atoms with E-state index in [1.54, 1.807) is 57.8 Å². The van der Waals surface area contributed by atoms with E-state index < -0.39 is 0 Å². The second kappa shape index (κ2) is 11.0. The molecule has 3 saturated carbocycles. The van der Waals surface area contributed by atoms with Gasteiger partial charge in [0.25, 0.3) is 0 Å². The normalized spacial score (nSPS) is 35.6. The summed E-state index contributed by atoms with van der Waals surface area (Å²) in [5, 5.41) is 0. The fraction of sp³-hybridized carbons (Fsp3) is 1.00. The lowest BCUT2D eigenvalue weighted by Gasteiger charge is -2.37. The van der Waals surface area contributed by atoms with Crippen molar-refractivity contribution in [1.29, 1.82) is 0 Å². The first-order valence-electron chi connectivity index (χ1n) is 12.3. The van der Waals surface area contributed by atoms with E-state index in [9.17, 15) is 0 Å². The summed E-state index contributed by atoms with van der Waals surface area (Å²) >= 11 is 0. The molecular formula is C25H46. The van der Waals surface area contributed by atoms with Crippen LogP contribution in [0.15, 0.2) is 0 Å². The van der Waals surface area contributed by atoms with Gasteiger partial charge in [0.1, 0.15) is 0 Å². The van der Waals surface area contributed by atoms with Crippen molar-refractivity contribution >= 4 is 0 Å². The molecule has 0 heterocycles. The van der Waals surface area contributed by atoms with Gasteiger partial charge in [0.05, 0.1) is 0 Å². The van der Waals surface area contributed by atoms with Gasteiger partial charge >= 0.3 is 0 Å². The van der Waals surface area contributed by atoms with Crippen LogP contribution in [0.5, 0.6) is 0 Å². The molecule has 0 amide bonds. The summed E-state index contributed by atoms with van der Waals surface area (Å²) in [5.74, 6) is 5.31. The van der Waals surface area contributed by atoms with Crippen LogP contribution in [0, 0.1) is 29.6 Å². The summed E-state index contributed by atoms with van der Waals surface area (Å²) in [7, 11) is 0. The van der Waals surface area contributed by atoms with E-state index in [1.807, 2.05) is 0 Å². The minimum absolute atomic E-state index is 0.992. The summed E-state index contributed by atoms with van der Waals surface area (Å²) in [6.07, 6.45) is 29.2. The molecular weight excluding hydrogens is 300 g/mol. The summed E-state index contributed by atoms with van der Waals surface area (Å²) in [4.78, 5) is 0. The standard InChI is InChI=1S/C25H46/c1-21-19-24(22-13-8-4-2-5-9-14-22)17-12-18-25(20-21)23-15-10-6-3-7-11-16-23/h21-25H,2-20H2,1H3. The van der Waals surface area contributed by atoms with Gasteiger partial charge in [-0.1, -0.05) is 116 Å². The van der Waals surface area contributed by atoms with Crippen LogP contribution < -0.4 is 0 Å². The zero-order chi connectivity index (χ0) is 17.3. The Morgan fingerprint density at radius 3 is 1.08 bits per heavy atom. The lowest BCUT2D eigenvalue weighted by molar-refractivity contribution is 0.142. The van der Waals surface area contributed by atoms with E-state index in [-0.39, 0.29) is 0 Å². The highest BCUT2D eigenvalue weighted by Gasteiger charge is 2.30. The van der Waals surface area contributed by atoms with Crippen LogP contribution in [0.25, 0.3) is 0 Å². The predicted octanol–water partition coefficient (Wildman–Crippen LogP) is 8.54. The van der Waals surface area contributed by atoms with Crippen LogP contribution in [0.2, 0.25) is 0 Å². The Morgan fingerprint density at radius 1 is 0.360 bits per heavy atom. The van der Waals surface area contributed by atoms with Crippen molar-refractivity contribution in [2.75, 3.05) is 0 Å². The van der Waals surface area contributed by atoms with Crippen molar-refractivity contribution in [3.8, 4) is 0 Å². The van der Waals surface area contributed by atoms with Crippen molar-refractivity contribution < 1.29 is 0 Å². The van der Waals surface area contributed by atoms with Gasteiger partial charge in [0.2, 0.25) is 0 Å². The topological polar surface area (TPSA) is 0 Å². The minimum atomic E-state index is 0.992. The third-order valence-electron chi connectivity index (χ3n) is 8.19. The molecule has 0 spiro atoms. The van der Waals surface area contributed by atoms with Crippen LogP contribution in [0.4, 0.5) is 0 Å². The van der Waals surface area contributed by atoms with Crippen molar-refractivity contribution in [1.82, 2.24) is 0 Å². The van der Waals surface area contributed by atoms with Gasteiger partial charge in [0, 0.05) is 0 Å². The zero-order valence-corrected chi connectivity index (χ0v) is 17.3. The average Bonchev–Trinajstić information content (AvgIpc) is 2.50. The highest BCUT2D eigenvalue weighted by atomic mass is 14.4. The fourth-order valence-corrected chi connectivity index (χ4v) is 6.78. The first-order chi connectivity index (χ1) is 12.3. The molecule has 0 radical (unpaired) electrons. The Hall–Kier alpha value is 0. The molecule has 0 saturated heterocycles. The predicted molar refractivity (Wildman–Crippen MR) is 111 cm³/mol. The van der Waals surface area contributed by atoms with E-state index in [2.05, 4.69) is 6.92 Å². The van der Waals surface area contributed by atoms with E-state index in [4.69, 9.17) is 0 Å². The van der Waals surface area contributed by atoms with Gasteiger partial charge in [0.15, 0.2) is 0 Å². The first kappa shape index (κ1) is 19.8. The van der Waals surface area contributed by atoms with Gasteiger partial charge < -0.3 is 0 Å². The Kier molecular flexibility index (Phi) is 8.68. The Labute approximate surface area is 158 Å². The molecule has 3 aliphatic rings. The third kappa shape index (κ3) is 6.59. The maximum atomic E-state index is 2.61. The summed E-state index contributed by atoms with van der Waals surface area (Å²) in [6, 6.07) is 0. The molecule has 0 N–H and O–H groups in total. The monoisotopic (exact) mass is 346 g/mol. The lowest BCUT2D eigenvalue weighted by atomic mass is 9.69. The third-order valence-corrected chi connectivity index (χ3v) is 8.19. The van der Waals surface area contributed by atoms with Crippen LogP contribution in [-0.2, 0) is 0 Å². The summed E-state index contributed by atoms with van der Waals surface area (Å²) < 4.78 is 0. The molecule has 0 heteroatoms. The summed E-state index contributed by atoms with van der Waals surface area (Å²) in [5.41, 5.74) is 0. The highest BCUT2D eigenvalue weighted by molar-refractivity contribution is 4.81. The van der Waals surface area contributed by atoms with Crippen LogP contribution in [0.3, 0.4) is 0 Å². The van der Waals surface area contributed by atoms with E-state index in [1.165, 1.54) is 64.2 Å². The minimum Gasteiger partial charge on any atom is -0.0625 e. The maximum Gasteiger partial charge on any atom is -0.0383 e. The van der Waals surface area contributed by atoms with E-state index in [0.717, 1.165) is 29.6 Å². The SMILES string of the molecule is CC1CC(C2CCCCCCC2)CCCC(C2CCCCCCC2)C1. The molecule has 3 aliphatic carbocycles. The van der Waals surface area contributed by atoms with Gasteiger partial charge in [-0.2, -0.15) is 0 Å². The molecule has 25 heavy (non-hydrogen) atoms. The molecule has 3 fully saturated rings. The average molecular weight is 347 g/mol. The number of hydrogen-bond donors (Lipinski definition) is 0. The van der Waals surface area contributed by atoms with Crippen molar-refractivity contribution in [3.63, 3.8) is 0 Å². The molecule has 0 nitrogen and oxygen atoms in total. The summed E-state index contributed by atoms with van der Waals surface area (Å²) in [6.45, 7) is 2.61. The van der Waals surface area contributed by atoms with E-state index >= 15 is 0 Å². The lowest BCUT2D eigenvalue weighted by Crippen LogP contribution is -2.26. The van der Waals surface area contributed by atoms with Crippen LogP contribution in [0.1, 0.15) is 129 Å². The van der Waals surface area contributed by atoms with Crippen molar-refractivity contribution in [2.24, 2.45) is 29.6 Å². The quantitative estimate of drug-likeness (QED) is 0.470. The number of hydrogen-bond acceptors (Lipinski definition) is 0. The second-order valence-electron chi connectivity index (χ2n) is 10.2. The molecule has 0 aromatic heterocycles. The van der Waals surface area contributed by atoms with Gasteiger partial charge in [-0.15, -0.1) is 0 Å². The van der Waals surface area contributed by atoms with E-state index in [0.29, 0.717) is 0 Å². The molecule has 0 aliphatic heterocycles. The fourth-order valence-electron chi connectivity index (χ4n) is 6.78. The van der Waals surface area contributed by atoms with Gasteiger partial charge in [-0.25, -0.2) is 0 Å². The van der Waals surface area contributed by atoms with Crippen LogP contribution >= 0.6 is 0 Å². The smallest absolute Gasteiger partial charge is 0.0383 e. The van der Waals surface area contributed by atoms with Crippen LogP contribution in [-0.4, -0.2) is 0 Å². The molecule has 0 bridgehead atoms. The largest absolute Gasteiger partial charge is 0.0625 e. The zero-order valence-electron chi connectivity index (χ0n) is 17.3. The number of rotatable bonds is 2.